The monoisotopic (exact) mass is 1490 g/mol. The van der Waals surface area contributed by atoms with Crippen molar-refractivity contribution >= 4 is 39.5 Å². The third-order valence-corrected chi connectivity index (χ3v) is 21.7. The number of rotatable bonds is 82. The Kier molecular flexibility index (Phi) is 73.1. The summed E-state index contributed by atoms with van der Waals surface area (Å²) in [7, 11) is -9.92. The smallest absolute Gasteiger partial charge is 0.462 e. The average molecular weight is 1490 g/mol. The Bertz CT molecular complexity index is 1960. The maximum absolute atomic E-state index is 13.1. The van der Waals surface area contributed by atoms with Crippen molar-refractivity contribution in [1.29, 1.82) is 0 Å². The van der Waals surface area contributed by atoms with Crippen molar-refractivity contribution < 1.29 is 80.2 Å². The lowest BCUT2D eigenvalue weighted by molar-refractivity contribution is -0.161. The van der Waals surface area contributed by atoms with Crippen LogP contribution < -0.4 is 0 Å². The highest BCUT2D eigenvalue weighted by Crippen LogP contribution is 2.45. The van der Waals surface area contributed by atoms with Gasteiger partial charge in [-0.3, -0.25) is 37.3 Å². The topological polar surface area (TPSA) is 237 Å². The van der Waals surface area contributed by atoms with Gasteiger partial charge in [-0.05, 0) is 37.5 Å². The Morgan fingerprint density at radius 3 is 0.745 bits per heavy atom. The van der Waals surface area contributed by atoms with Crippen LogP contribution in [-0.2, 0) is 65.4 Å². The summed E-state index contributed by atoms with van der Waals surface area (Å²) in [4.78, 5) is 73.1. The minimum absolute atomic E-state index is 0.107. The maximum atomic E-state index is 13.1. The molecule has 0 aliphatic heterocycles. The fourth-order valence-corrected chi connectivity index (χ4v) is 14.4. The summed E-state index contributed by atoms with van der Waals surface area (Å²) < 4.78 is 68.8. The van der Waals surface area contributed by atoms with Crippen LogP contribution in [0.25, 0.3) is 0 Å². The number of carbonyl (C=O) groups excluding carboxylic acids is 4. The van der Waals surface area contributed by atoms with Crippen LogP contribution in [0.15, 0.2) is 0 Å². The van der Waals surface area contributed by atoms with Crippen molar-refractivity contribution in [2.24, 2.45) is 11.8 Å². The minimum atomic E-state index is -4.96. The van der Waals surface area contributed by atoms with Gasteiger partial charge in [-0.2, -0.15) is 0 Å². The molecule has 17 nitrogen and oxygen atoms in total. The standard InChI is InChI=1S/C83H162O17P2/c1-7-10-12-14-16-18-20-22-23-24-25-28-31-35-42-48-54-60-66-81(86)94-71-78(99-82(87)67-61-55-49-43-36-32-29-26-27-30-33-39-45-51-57-63-75(4)5)73-97-101(89,90)95-69-77(84)70-96-102(91,92)98-74-79(72-93-80(85)65-59-53-47-41-34-21-19-17-15-13-11-8-2)100-83(88)68-62-56-50-44-38-37-40-46-52-58-64-76(6)9-3/h75-79,84H,7-74H2,1-6H3,(H,89,90)(H,91,92)/t76?,77-,78-,79-/m1/s1. The molecule has 606 valence electrons. The van der Waals surface area contributed by atoms with Gasteiger partial charge in [0, 0.05) is 25.7 Å². The van der Waals surface area contributed by atoms with Gasteiger partial charge in [0.2, 0.25) is 0 Å². The highest BCUT2D eigenvalue weighted by molar-refractivity contribution is 7.47. The number of unbranched alkanes of at least 4 members (excludes halogenated alkanes) is 51. The molecule has 0 heterocycles. The van der Waals surface area contributed by atoms with E-state index in [1.165, 1.54) is 257 Å². The molecule has 0 aliphatic carbocycles. The molecule has 0 amide bonds. The van der Waals surface area contributed by atoms with Gasteiger partial charge in [0.1, 0.15) is 19.3 Å². The number of carbonyl (C=O) groups is 4. The van der Waals surface area contributed by atoms with Crippen molar-refractivity contribution in [2.45, 2.75) is 458 Å². The fraction of sp³-hybridized carbons (Fsp3) is 0.952. The summed E-state index contributed by atoms with van der Waals surface area (Å²) in [5.41, 5.74) is 0. The molecule has 0 aromatic carbocycles. The Morgan fingerprint density at radius 1 is 0.284 bits per heavy atom. The van der Waals surface area contributed by atoms with Gasteiger partial charge in [0.25, 0.3) is 0 Å². The van der Waals surface area contributed by atoms with Crippen molar-refractivity contribution in [2.75, 3.05) is 39.6 Å². The molecule has 0 saturated heterocycles. The molecule has 0 rings (SSSR count). The molecule has 3 unspecified atom stereocenters. The first kappa shape index (κ1) is 100. The van der Waals surface area contributed by atoms with Gasteiger partial charge in [0.05, 0.1) is 26.4 Å². The van der Waals surface area contributed by atoms with Crippen LogP contribution in [-0.4, -0.2) is 96.7 Å². The summed E-state index contributed by atoms with van der Waals surface area (Å²) >= 11 is 0. The van der Waals surface area contributed by atoms with Crippen LogP contribution in [0, 0.1) is 11.8 Å². The summed E-state index contributed by atoms with van der Waals surface area (Å²) in [6, 6.07) is 0. The van der Waals surface area contributed by atoms with Crippen LogP contribution in [0.3, 0.4) is 0 Å². The Balaban J connectivity index is 5.26. The number of hydrogen-bond acceptors (Lipinski definition) is 15. The van der Waals surface area contributed by atoms with E-state index >= 15 is 0 Å². The zero-order valence-electron chi connectivity index (χ0n) is 66.9. The van der Waals surface area contributed by atoms with Crippen LogP contribution in [0.5, 0.6) is 0 Å². The average Bonchev–Trinajstić information content (AvgIpc) is 0.918. The third kappa shape index (κ3) is 74.9. The third-order valence-electron chi connectivity index (χ3n) is 19.8. The second-order valence-corrected chi connectivity index (χ2v) is 33.5. The lowest BCUT2D eigenvalue weighted by atomic mass is 9.99. The molecule has 0 aliphatic rings. The maximum Gasteiger partial charge on any atom is 0.472 e. The molecule has 0 radical (unpaired) electrons. The van der Waals surface area contributed by atoms with Gasteiger partial charge in [-0.1, -0.05) is 388 Å². The van der Waals surface area contributed by atoms with Gasteiger partial charge >= 0.3 is 39.5 Å². The van der Waals surface area contributed by atoms with Crippen LogP contribution in [0.4, 0.5) is 0 Å². The number of aliphatic hydroxyl groups is 1. The number of phosphoric acid groups is 2. The van der Waals surface area contributed by atoms with Crippen molar-refractivity contribution in [3.8, 4) is 0 Å². The molecule has 0 aromatic heterocycles. The SMILES string of the molecule is CCCCCCCCCCCCCCCCCCCCC(=O)OC[C@H](COP(=O)(O)OC[C@@H](O)COP(=O)(O)OC[C@@H](COC(=O)CCCCCCCCCCCCCC)OC(=O)CCCCCCCCCCCCC(C)CC)OC(=O)CCCCCCCCCCCCCCCCCC(C)C. The fourth-order valence-electron chi connectivity index (χ4n) is 12.9. The van der Waals surface area contributed by atoms with Crippen molar-refractivity contribution in [3.63, 3.8) is 0 Å². The van der Waals surface area contributed by atoms with Gasteiger partial charge in [0.15, 0.2) is 12.2 Å². The number of hydrogen-bond donors (Lipinski definition) is 3. The Labute approximate surface area is 626 Å². The van der Waals surface area contributed by atoms with Crippen LogP contribution in [0.2, 0.25) is 0 Å². The summed E-state index contributed by atoms with van der Waals surface area (Å²) in [6.45, 7) is 9.70. The lowest BCUT2D eigenvalue weighted by Crippen LogP contribution is -2.30. The van der Waals surface area contributed by atoms with Gasteiger partial charge < -0.3 is 33.8 Å². The molecule has 3 N–H and O–H groups in total. The molecule has 0 spiro atoms. The van der Waals surface area contributed by atoms with E-state index in [4.69, 9.17) is 37.0 Å². The van der Waals surface area contributed by atoms with E-state index in [1.54, 1.807) is 0 Å². The summed E-state index contributed by atoms with van der Waals surface area (Å²) in [6.07, 6.45) is 65.0. The first-order valence-corrected chi connectivity index (χ1v) is 46.0. The van der Waals surface area contributed by atoms with E-state index in [-0.39, 0.29) is 25.7 Å². The number of ether oxygens (including phenoxy) is 4. The Hall–Kier alpha value is -1.94. The zero-order chi connectivity index (χ0) is 74.9. The van der Waals surface area contributed by atoms with E-state index in [2.05, 4.69) is 41.5 Å². The normalized spacial score (nSPS) is 14.1. The van der Waals surface area contributed by atoms with Crippen LogP contribution >= 0.6 is 15.6 Å². The quantitative estimate of drug-likeness (QED) is 0.0222. The van der Waals surface area contributed by atoms with E-state index in [1.807, 2.05) is 0 Å². The molecular formula is C83H162O17P2. The molecule has 0 fully saturated rings. The highest BCUT2D eigenvalue weighted by atomic mass is 31.2. The highest BCUT2D eigenvalue weighted by Gasteiger charge is 2.30. The van der Waals surface area contributed by atoms with E-state index < -0.39 is 97.5 Å². The molecule has 102 heavy (non-hydrogen) atoms. The first-order chi connectivity index (χ1) is 49.4. The molecule has 0 bridgehead atoms. The largest absolute Gasteiger partial charge is 0.472 e. The molecular weight excluding hydrogens is 1330 g/mol. The lowest BCUT2D eigenvalue weighted by Gasteiger charge is -2.21. The second-order valence-electron chi connectivity index (χ2n) is 30.6. The van der Waals surface area contributed by atoms with E-state index in [0.717, 1.165) is 102 Å². The number of esters is 4. The summed E-state index contributed by atoms with van der Waals surface area (Å²) in [5, 5.41) is 10.7. The van der Waals surface area contributed by atoms with E-state index in [0.29, 0.717) is 25.7 Å². The minimum Gasteiger partial charge on any atom is -0.462 e. The molecule has 0 saturated carbocycles. The molecule has 6 atom stereocenters. The predicted octanol–water partition coefficient (Wildman–Crippen LogP) is 25.1. The van der Waals surface area contributed by atoms with Crippen molar-refractivity contribution in [1.82, 2.24) is 0 Å². The summed E-state index contributed by atoms with van der Waals surface area (Å²) in [5.74, 6) is -0.498. The van der Waals surface area contributed by atoms with Gasteiger partial charge in [-0.25, -0.2) is 9.13 Å². The number of aliphatic hydroxyl groups excluding tert-OH is 1. The van der Waals surface area contributed by atoms with Gasteiger partial charge in [-0.15, -0.1) is 0 Å². The first-order valence-electron chi connectivity index (χ1n) is 43.0. The predicted molar refractivity (Wildman–Crippen MR) is 418 cm³/mol. The molecule has 0 aromatic rings. The van der Waals surface area contributed by atoms with E-state index in [9.17, 15) is 43.2 Å². The van der Waals surface area contributed by atoms with Crippen molar-refractivity contribution in [3.05, 3.63) is 0 Å². The zero-order valence-corrected chi connectivity index (χ0v) is 68.7. The Morgan fingerprint density at radius 2 is 0.500 bits per heavy atom. The van der Waals surface area contributed by atoms with Crippen LogP contribution in [0.1, 0.15) is 440 Å². The second kappa shape index (κ2) is 74.5. The molecule has 19 heteroatoms. The number of phosphoric ester groups is 2.